The van der Waals surface area contributed by atoms with Crippen molar-refractivity contribution in [3.63, 3.8) is 0 Å². The van der Waals surface area contributed by atoms with E-state index in [0.29, 0.717) is 0 Å². The molecule has 2 N–H and O–H groups in total. The van der Waals surface area contributed by atoms with E-state index in [1.807, 2.05) is 0 Å². The van der Waals surface area contributed by atoms with Crippen molar-refractivity contribution in [3.8, 4) is 0 Å². The van der Waals surface area contributed by atoms with E-state index in [1.165, 1.54) is 14.0 Å². The van der Waals surface area contributed by atoms with Gasteiger partial charge in [-0.2, -0.15) is 0 Å². The first-order chi connectivity index (χ1) is 7.35. The molecule has 0 aliphatic carbocycles. The molecule has 0 saturated carbocycles. The minimum absolute atomic E-state index is 0.00905. The Labute approximate surface area is 94.8 Å². The van der Waals surface area contributed by atoms with Crippen LogP contribution >= 0.6 is 0 Å². The standard InChI is InChI=1S/C8H17NO6S/c1-6(8(11)15-3)16(12,13)9-4-7(10)5-14-2/h6-7,9-10H,4-5H2,1-3H3. The van der Waals surface area contributed by atoms with Crippen LogP contribution < -0.4 is 4.72 Å². The number of esters is 1. The van der Waals surface area contributed by atoms with Crippen LogP contribution in [0.1, 0.15) is 6.92 Å². The predicted molar refractivity (Wildman–Crippen MR) is 56.3 cm³/mol. The molecule has 8 heteroatoms. The highest BCUT2D eigenvalue weighted by Crippen LogP contribution is 2.00. The van der Waals surface area contributed by atoms with Gasteiger partial charge in [0.1, 0.15) is 0 Å². The number of rotatable bonds is 7. The molecular weight excluding hydrogens is 238 g/mol. The highest BCUT2D eigenvalue weighted by Gasteiger charge is 2.28. The highest BCUT2D eigenvalue weighted by atomic mass is 32.2. The fourth-order valence-electron chi connectivity index (χ4n) is 0.881. The van der Waals surface area contributed by atoms with E-state index < -0.39 is 27.3 Å². The topological polar surface area (TPSA) is 102 Å². The highest BCUT2D eigenvalue weighted by molar-refractivity contribution is 7.90. The van der Waals surface area contributed by atoms with E-state index in [2.05, 4.69) is 14.2 Å². The monoisotopic (exact) mass is 255 g/mol. The van der Waals surface area contributed by atoms with Gasteiger partial charge in [-0.3, -0.25) is 4.79 Å². The summed E-state index contributed by atoms with van der Waals surface area (Å²) in [5.74, 6) is -0.853. The Kier molecular flexibility index (Phi) is 6.49. The van der Waals surface area contributed by atoms with E-state index >= 15 is 0 Å². The number of ether oxygens (including phenoxy) is 2. The van der Waals surface area contributed by atoms with Gasteiger partial charge >= 0.3 is 5.97 Å². The average molecular weight is 255 g/mol. The number of methoxy groups -OCH3 is 2. The summed E-state index contributed by atoms with van der Waals surface area (Å²) in [7, 11) is -1.34. The summed E-state index contributed by atoms with van der Waals surface area (Å²) < 4.78 is 34.0. The summed E-state index contributed by atoms with van der Waals surface area (Å²) in [6.45, 7) is 1.00. The average Bonchev–Trinajstić information content (AvgIpc) is 2.25. The first-order valence-corrected chi connectivity index (χ1v) is 6.13. The maximum atomic E-state index is 11.5. The van der Waals surface area contributed by atoms with Crippen LogP contribution in [-0.4, -0.2) is 58.2 Å². The second kappa shape index (κ2) is 6.79. The molecule has 0 aromatic rings. The first kappa shape index (κ1) is 15.3. The number of hydrogen-bond acceptors (Lipinski definition) is 6. The van der Waals surface area contributed by atoms with Crippen molar-refractivity contribution in [2.24, 2.45) is 0 Å². The van der Waals surface area contributed by atoms with Crippen LogP contribution in [0.2, 0.25) is 0 Å². The van der Waals surface area contributed by atoms with Gasteiger partial charge in [-0.1, -0.05) is 0 Å². The van der Waals surface area contributed by atoms with Crippen molar-refractivity contribution in [2.75, 3.05) is 27.4 Å². The molecule has 0 aliphatic heterocycles. The quantitative estimate of drug-likeness (QED) is 0.535. The smallest absolute Gasteiger partial charge is 0.325 e. The Morgan fingerprint density at radius 3 is 2.44 bits per heavy atom. The van der Waals surface area contributed by atoms with Crippen molar-refractivity contribution in [3.05, 3.63) is 0 Å². The normalized spacial score (nSPS) is 15.5. The van der Waals surface area contributed by atoms with Crippen LogP contribution in [0.5, 0.6) is 0 Å². The molecule has 0 fully saturated rings. The van der Waals surface area contributed by atoms with Crippen molar-refractivity contribution >= 4 is 16.0 Å². The first-order valence-electron chi connectivity index (χ1n) is 4.58. The molecule has 0 aromatic carbocycles. The number of aliphatic hydroxyl groups excluding tert-OH is 1. The molecule has 2 atom stereocenters. The molecule has 0 saturated heterocycles. The number of carbonyl (C=O) groups excluding carboxylic acids is 1. The lowest BCUT2D eigenvalue weighted by Gasteiger charge is -2.14. The Hall–Kier alpha value is -0.700. The summed E-state index contributed by atoms with van der Waals surface area (Å²) in [5, 5.41) is 7.91. The molecule has 0 heterocycles. The van der Waals surface area contributed by atoms with Crippen LogP contribution in [-0.2, 0) is 24.3 Å². The van der Waals surface area contributed by atoms with Crippen molar-refractivity contribution in [1.29, 1.82) is 0 Å². The maximum absolute atomic E-state index is 11.5. The van der Waals surface area contributed by atoms with Gasteiger partial charge in [-0.05, 0) is 6.92 Å². The molecule has 2 unspecified atom stereocenters. The predicted octanol–water partition coefficient (Wildman–Crippen LogP) is -1.53. The molecular formula is C8H17NO6S. The number of carbonyl (C=O) groups is 1. The Bertz CT molecular complexity index is 314. The van der Waals surface area contributed by atoms with Crippen LogP contribution in [0.15, 0.2) is 0 Å². The van der Waals surface area contributed by atoms with Gasteiger partial charge in [0.2, 0.25) is 10.0 Å². The van der Waals surface area contributed by atoms with Gasteiger partial charge in [-0.25, -0.2) is 13.1 Å². The summed E-state index contributed by atoms with van der Waals surface area (Å²) in [4.78, 5) is 11.0. The second-order valence-corrected chi connectivity index (χ2v) is 5.25. The van der Waals surface area contributed by atoms with Crippen molar-refractivity contribution in [2.45, 2.75) is 18.3 Å². The zero-order chi connectivity index (χ0) is 12.8. The van der Waals surface area contributed by atoms with E-state index in [0.717, 1.165) is 7.11 Å². The lowest BCUT2D eigenvalue weighted by Crippen LogP contribution is -2.42. The Morgan fingerprint density at radius 2 is 2.00 bits per heavy atom. The lowest BCUT2D eigenvalue weighted by molar-refractivity contribution is -0.139. The summed E-state index contributed by atoms with van der Waals surface area (Å²) >= 11 is 0. The van der Waals surface area contributed by atoms with Crippen LogP contribution in [0.4, 0.5) is 0 Å². The van der Waals surface area contributed by atoms with Crippen molar-refractivity contribution < 1.29 is 27.8 Å². The number of nitrogens with one attached hydrogen (secondary N) is 1. The number of sulfonamides is 1. The van der Waals surface area contributed by atoms with Gasteiger partial charge in [0.15, 0.2) is 5.25 Å². The molecule has 0 aromatic heterocycles. The lowest BCUT2D eigenvalue weighted by atomic mass is 10.4. The summed E-state index contributed by atoms with van der Waals surface area (Å²) in [6.07, 6.45) is -0.954. The van der Waals surface area contributed by atoms with Crippen LogP contribution in [0.25, 0.3) is 0 Å². The maximum Gasteiger partial charge on any atom is 0.325 e. The van der Waals surface area contributed by atoms with Gasteiger partial charge in [0.25, 0.3) is 0 Å². The molecule has 7 nitrogen and oxygen atoms in total. The van der Waals surface area contributed by atoms with E-state index in [1.54, 1.807) is 0 Å². The zero-order valence-corrected chi connectivity index (χ0v) is 10.3. The molecule has 0 spiro atoms. The third-order valence-electron chi connectivity index (χ3n) is 1.88. The Morgan fingerprint density at radius 1 is 1.44 bits per heavy atom. The molecule has 0 rings (SSSR count). The fourth-order valence-corrected chi connectivity index (χ4v) is 1.91. The number of hydrogen-bond donors (Lipinski definition) is 2. The molecule has 0 amide bonds. The minimum Gasteiger partial charge on any atom is -0.468 e. The molecule has 96 valence electrons. The zero-order valence-electron chi connectivity index (χ0n) is 9.47. The van der Waals surface area contributed by atoms with E-state index in [4.69, 9.17) is 0 Å². The molecule has 16 heavy (non-hydrogen) atoms. The van der Waals surface area contributed by atoms with Gasteiger partial charge < -0.3 is 14.6 Å². The molecule has 0 bridgehead atoms. The largest absolute Gasteiger partial charge is 0.468 e. The summed E-state index contributed by atoms with van der Waals surface area (Å²) in [6, 6.07) is 0. The van der Waals surface area contributed by atoms with Gasteiger partial charge in [0, 0.05) is 13.7 Å². The number of aliphatic hydroxyl groups is 1. The van der Waals surface area contributed by atoms with Crippen molar-refractivity contribution in [1.82, 2.24) is 4.72 Å². The van der Waals surface area contributed by atoms with Gasteiger partial charge in [0.05, 0.1) is 19.8 Å². The Balaban J connectivity index is 4.30. The van der Waals surface area contributed by atoms with E-state index in [-0.39, 0.29) is 13.2 Å². The van der Waals surface area contributed by atoms with Crippen LogP contribution in [0, 0.1) is 0 Å². The minimum atomic E-state index is -3.83. The fraction of sp³-hybridized carbons (Fsp3) is 0.875. The third kappa shape index (κ3) is 4.88. The second-order valence-electron chi connectivity index (χ2n) is 3.17. The summed E-state index contributed by atoms with van der Waals surface area (Å²) in [5.41, 5.74) is 0. The SMILES string of the molecule is COCC(O)CNS(=O)(=O)C(C)C(=O)OC. The van der Waals surface area contributed by atoms with Crippen LogP contribution in [0.3, 0.4) is 0 Å². The van der Waals surface area contributed by atoms with E-state index in [9.17, 15) is 18.3 Å². The third-order valence-corrected chi connectivity index (χ3v) is 3.57. The molecule has 0 aliphatic rings. The molecule has 0 radical (unpaired) electrons. The van der Waals surface area contributed by atoms with Gasteiger partial charge in [-0.15, -0.1) is 0 Å².